The summed E-state index contributed by atoms with van der Waals surface area (Å²) in [5, 5.41) is 10.6. The van der Waals surface area contributed by atoms with Gasteiger partial charge >= 0.3 is 0 Å². The third kappa shape index (κ3) is 1.80. The van der Waals surface area contributed by atoms with Crippen molar-refractivity contribution in [2.45, 2.75) is 31.3 Å². The van der Waals surface area contributed by atoms with Crippen LogP contribution in [0.15, 0.2) is 24.3 Å². The molecule has 1 aromatic rings. The van der Waals surface area contributed by atoms with Crippen LogP contribution in [0.5, 0.6) is 0 Å². The highest BCUT2D eigenvalue weighted by Gasteiger charge is 2.42. The molecule has 0 saturated carbocycles. The molecule has 1 unspecified atom stereocenters. The number of likely N-dealkylation sites (tertiary alicyclic amines) is 1. The first-order valence-electron chi connectivity index (χ1n) is 6.58. The number of nitrogens with zero attached hydrogens (tertiary/aromatic N) is 1. The predicted octanol–water partition coefficient (Wildman–Crippen LogP) is 2.33. The molecule has 92 valence electrons. The molecule has 3 rings (SSSR count). The summed E-state index contributed by atoms with van der Waals surface area (Å²) in [6.45, 7) is 4.27. The van der Waals surface area contributed by atoms with E-state index in [9.17, 15) is 5.11 Å². The molecule has 17 heavy (non-hydrogen) atoms. The zero-order chi connectivity index (χ0) is 12.0. The van der Waals surface area contributed by atoms with Gasteiger partial charge in [0.1, 0.15) is 0 Å². The summed E-state index contributed by atoms with van der Waals surface area (Å²) in [7, 11) is 2.19. The zero-order valence-corrected chi connectivity index (χ0v) is 10.7. The third-order valence-electron chi connectivity index (χ3n) is 4.54. The van der Waals surface area contributed by atoms with Crippen molar-refractivity contribution in [3.8, 4) is 0 Å². The molecule has 0 amide bonds. The Kier molecular flexibility index (Phi) is 2.53. The van der Waals surface area contributed by atoms with Crippen molar-refractivity contribution < 1.29 is 5.11 Å². The van der Waals surface area contributed by atoms with Crippen molar-refractivity contribution in [2.75, 3.05) is 20.1 Å². The van der Waals surface area contributed by atoms with E-state index in [4.69, 9.17) is 0 Å². The lowest BCUT2D eigenvalue weighted by Crippen LogP contribution is -2.44. The standard InChI is InChI=1S/C15H21NO/c1-15(17)9-11-10-16(2)8-7-12(11)13-5-3-4-6-14(13)15/h3-6,11-12,17H,7-10H2,1-2H3/t11-,12-,15?/m1/s1. The molecule has 0 radical (unpaired) electrons. The molecule has 1 heterocycles. The second-order valence-electron chi connectivity index (χ2n) is 5.98. The fourth-order valence-corrected chi connectivity index (χ4v) is 3.76. The van der Waals surface area contributed by atoms with E-state index in [2.05, 4.69) is 30.1 Å². The van der Waals surface area contributed by atoms with Crippen LogP contribution in [0.2, 0.25) is 0 Å². The maximum atomic E-state index is 10.6. The van der Waals surface area contributed by atoms with Crippen molar-refractivity contribution >= 4 is 0 Å². The van der Waals surface area contributed by atoms with Gasteiger partial charge in [-0.2, -0.15) is 0 Å². The first-order valence-corrected chi connectivity index (χ1v) is 6.58. The minimum Gasteiger partial charge on any atom is -0.385 e. The van der Waals surface area contributed by atoms with Gasteiger partial charge in [-0.15, -0.1) is 0 Å². The van der Waals surface area contributed by atoms with Crippen LogP contribution < -0.4 is 0 Å². The van der Waals surface area contributed by atoms with E-state index in [1.54, 1.807) is 0 Å². The Balaban J connectivity index is 2.04. The van der Waals surface area contributed by atoms with Gasteiger partial charge in [0.05, 0.1) is 5.60 Å². The van der Waals surface area contributed by atoms with Crippen molar-refractivity contribution in [1.29, 1.82) is 0 Å². The fraction of sp³-hybridized carbons (Fsp3) is 0.600. The van der Waals surface area contributed by atoms with E-state index in [-0.39, 0.29) is 0 Å². The third-order valence-corrected chi connectivity index (χ3v) is 4.54. The van der Waals surface area contributed by atoms with Gasteiger partial charge in [-0.3, -0.25) is 0 Å². The summed E-state index contributed by atoms with van der Waals surface area (Å²) in [5.74, 6) is 1.27. The first-order chi connectivity index (χ1) is 8.08. The van der Waals surface area contributed by atoms with Crippen molar-refractivity contribution in [3.63, 3.8) is 0 Å². The lowest BCUT2D eigenvalue weighted by molar-refractivity contribution is -0.00279. The number of benzene rings is 1. The summed E-state index contributed by atoms with van der Waals surface area (Å²) < 4.78 is 0. The number of aliphatic hydroxyl groups is 1. The summed E-state index contributed by atoms with van der Waals surface area (Å²) >= 11 is 0. The summed E-state index contributed by atoms with van der Waals surface area (Å²) in [6, 6.07) is 8.47. The number of piperidine rings is 1. The van der Waals surface area contributed by atoms with Crippen LogP contribution in [0.4, 0.5) is 0 Å². The number of fused-ring (bicyclic) bond motifs is 3. The van der Waals surface area contributed by atoms with Crippen LogP contribution in [-0.2, 0) is 5.60 Å². The molecule has 0 spiro atoms. The van der Waals surface area contributed by atoms with Gasteiger partial charge in [-0.1, -0.05) is 24.3 Å². The normalized spacial score (nSPS) is 37.4. The Hall–Kier alpha value is -0.860. The van der Waals surface area contributed by atoms with E-state index < -0.39 is 5.60 Å². The molecule has 1 aliphatic carbocycles. The van der Waals surface area contributed by atoms with Crippen LogP contribution in [0, 0.1) is 5.92 Å². The molecule has 2 nitrogen and oxygen atoms in total. The van der Waals surface area contributed by atoms with E-state index >= 15 is 0 Å². The quantitative estimate of drug-likeness (QED) is 0.741. The second-order valence-corrected chi connectivity index (χ2v) is 5.98. The average molecular weight is 231 g/mol. The van der Waals surface area contributed by atoms with Crippen molar-refractivity contribution in [3.05, 3.63) is 35.4 Å². The molecule has 3 atom stereocenters. The molecular weight excluding hydrogens is 210 g/mol. The monoisotopic (exact) mass is 231 g/mol. The van der Waals surface area contributed by atoms with Gasteiger partial charge in [-0.05, 0) is 56.3 Å². The van der Waals surface area contributed by atoms with E-state index in [0.717, 1.165) is 18.5 Å². The fourth-order valence-electron chi connectivity index (χ4n) is 3.76. The van der Waals surface area contributed by atoms with Crippen molar-refractivity contribution in [1.82, 2.24) is 4.90 Å². The summed E-state index contributed by atoms with van der Waals surface area (Å²) in [4.78, 5) is 2.39. The van der Waals surface area contributed by atoms with Gasteiger partial charge in [-0.25, -0.2) is 0 Å². The predicted molar refractivity (Wildman–Crippen MR) is 69.0 cm³/mol. The van der Waals surface area contributed by atoms with Crippen molar-refractivity contribution in [2.24, 2.45) is 5.92 Å². The Morgan fingerprint density at radius 3 is 2.94 bits per heavy atom. The highest BCUT2D eigenvalue weighted by molar-refractivity contribution is 5.38. The molecule has 1 aliphatic heterocycles. The average Bonchev–Trinajstić information content (AvgIpc) is 2.28. The molecule has 0 aromatic heterocycles. The SMILES string of the molecule is CN1CC[C@H]2c3ccccc3C(C)(O)C[C@@H]2C1. The number of hydrogen-bond acceptors (Lipinski definition) is 2. The highest BCUT2D eigenvalue weighted by atomic mass is 16.3. The number of hydrogen-bond donors (Lipinski definition) is 1. The van der Waals surface area contributed by atoms with E-state index in [1.165, 1.54) is 18.5 Å². The van der Waals surface area contributed by atoms with Gasteiger partial charge in [0.15, 0.2) is 0 Å². The molecular formula is C15H21NO. The minimum atomic E-state index is -0.643. The van der Waals surface area contributed by atoms with Gasteiger partial charge in [0, 0.05) is 6.54 Å². The Labute approximate surface area is 103 Å². The van der Waals surface area contributed by atoms with Crippen LogP contribution >= 0.6 is 0 Å². The second kappa shape index (κ2) is 3.82. The van der Waals surface area contributed by atoms with E-state index in [1.807, 2.05) is 13.0 Å². The van der Waals surface area contributed by atoms with Gasteiger partial charge < -0.3 is 10.0 Å². The molecule has 1 fully saturated rings. The number of rotatable bonds is 0. The highest BCUT2D eigenvalue weighted by Crippen LogP contribution is 2.47. The van der Waals surface area contributed by atoms with Crippen LogP contribution in [-0.4, -0.2) is 30.1 Å². The molecule has 2 heteroatoms. The van der Waals surface area contributed by atoms with Crippen LogP contribution in [0.1, 0.15) is 36.8 Å². The molecule has 1 N–H and O–H groups in total. The zero-order valence-electron chi connectivity index (χ0n) is 10.7. The molecule has 1 saturated heterocycles. The summed E-state index contributed by atoms with van der Waals surface area (Å²) in [6.07, 6.45) is 2.13. The minimum absolute atomic E-state index is 0.610. The van der Waals surface area contributed by atoms with Gasteiger partial charge in [0.2, 0.25) is 0 Å². The lowest BCUT2D eigenvalue weighted by atomic mass is 9.66. The Morgan fingerprint density at radius 2 is 2.12 bits per heavy atom. The molecule has 2 aliphatic rings. The van der Waals surface area contributed by atoms with E-state index in [0.29, 0.717) is 11.8 Å². The largest absolute Gasteiger partial charge is 0.385 e. The maximum absolute atomic E-state index is 10.6. The lowest BCUT2D eigenvalue weighted by Gasteiger charge is -2.46. The maximum Gasteiger partial charge on any atom is 0.0874 e. The summed E-state index contributed by atoms with van der Waals surface area (Å²) in [5.41, 5.74) is 1.91. The Bertz CT molecular complexity index is 427. The Morgan fingerprint density at radius 1 is 1.35 bits per heavy atom. The molecule has 0 bridgehead atoms. The first kappa shape index (κ1) is 11.2. The van der Waals surface area contributed by atoms with Crippen LogP contribution in [0.3, 0.4) is 0 Å². The van der Waals surface area contributed by atoms with Gasteiger partial charge in [0.25, 0.3) is 0 Å². The van der Waals surface area contributed by atoms with Crippen LogP contribution in [0.25, 0.3) is 0 Å². The topological polar surface area (TPSA) is 23.5 Å². The smallest absolute Gasteiger partial charge is 0.0874 e. The molecule has 1 aromatic carbocycles.